The minimum Gasteiger partial charge on any atom is -0.478 e. The molecular formula is C16H10ClNO2S. The van der Waals surface area contributed by atoms with Gasteiger partial charge in [0.2, 0.25) is 0 Å². The first-order valence-electron chi connectivity index (χ1n) is 6.19. The van der Waals surface area contributed by atoms with Gasteiger partial charge in [0.05, 0.1) is 10.6 Å². The van der Waals surface area contributed by atoms with E-state index >= 15 is 0 Å². The maximum absolute atomic E-state index is 10.9. The Balaban J connectivity index is 1.93. The Bertz CT molecular complexity index is 835. The molecule has 5 heteroatoms. The number of rotatable bonds is 3. The third-order valence-electron chi connectivity index (χ3n) is 2.99. The lowest BCUT2D eigenvalue weighted by Gasteiger charge is -2.05. The van der Waals surface area contributed by atoms with Gasteiger partial charge in [-0.2, -0.15) is 0 Å². The van der Waals surface area contributed by atoms with Gasteiger partial charge in [-0.25, -0.2) is 9.78 Å². The number of aromatic carboxylic acids is 1. The molecular weight excluding hydrogens is 306 g/mol. The molecule has 0 fully saturated rings. The molecule has 1 aromatic heterocycles. The van der Waals surface area contributed by atoms with E-state index in [4.69, 9.17) is 16.7 Å². The zero-order chi connectivity index (χ0) is 14.8. The number of benzene rings is 2. The number of carbonyl (C=O) groups is 1. The number of fused-ring (bicyclic) bond motifs is 1. The van der Waals surface area contributed by atoms with E-state index in [9.17, 15) is 4.79 Å². The Morgan fingerprint density at radius 1 is 1.10 bits per heavy atom. The summed E-state index contributed by atoms with van der Waals surface area (Å²) in [4.78, 5) is 16.0. The molecule has 0 aliphatic carbocycles. The monoisotopic (exact) mass is 315 g/mol. The van der Waals surface area contributed by atoms with Crippen LogP contribution in [0.5, 0.6) is 0 Å². The van der Waals surface area contributed by atoms with E-state index in [1.54, 1.807) is 0 Å². The van der Waals surface area contributed by atoms with Crippen LogP contribution in [0, 0.1) is 0 Å². The van der Waals surface area contributed by atoms with E-state index in [1.165, 1.54) is 29.4 Å². The van der Waals surface area contributed by atoms with Gasteiger partial charge in [-0.15, -0.1) is 0 Å². The molecule has 2 aromatic carbocycles. The third kappa shape index (κ3) is 3.01. The van der Waals surface area contributed by atoms with Crippen molar-refractivity contribution in [2.75, 3.05) is 0 Å². The lowest BCUT2D eigenvalue weighted by molar-refractivity contribution is 0.0696. The highest BCUT2D eigenvalue weighted by atomic mass is 35.5. The number of carboxylic acid groups (broad SMARTS) is 1. The van der Waals surface area contributed by atoms with Gasteiger partial charge in [-0.05, 0) is 29.0 Å². The molecule has 0 radical (unpaired) electrons. The summed E-state index contributed by atoms with van der Waals surface area (Å²) in [6.45, 7) is 0. The normalized spacial score (nSPS) is 10.7. The second-order valence-corrected chi connectivity index (χ2v) is 5.90. The highest BCUT2D eigenvalue weighted by molar-refractivity contribution is 7.99. The van der Waals surface area contributed by atoms with Gasteiger partial charge in [0.1, 0.15) is 5.03 Å². The van der Waals surface area contributed by atoms with Crippen LogP contribution in [0.1, 0.15) is 10.4 Å². The average Bonchev–Trinajstić information content (AvgIpc) is 2.49. The van der Waals surface area contributed by atoms with Crippen molar-refractivity contribution in [3.8, 4) is 0 Å². The predicted octanol–water partition coefficient (Wildman–Crippen LogP) is 4.74. The van der Waals surface area contributed by atoms with Crippen molar-refractivity contribution in [1.82, 2.24) is 4.98 Å². The Morgan fingerprint density at radius 3 is 2.57 bits per heavy atom. The summed E-state index contributed by atoms with van der Waals surface area (Å²) in [5.74, 6) is -1.04. The molecule has 3 nitrogen and oxygen atoms in total. The predicted molar refractivity (Wildman–Crippen MR) is 84.3 cm³/mol. The molecule has 1 N–H and O–H groups in total. The van der Waals surface area contributed by atoms with Crippen molar-refractivity contribution in [2.45, 2.75) is 9.92 Å². The molecule has 3 rings (SSSR count). The van der Waals surface area contributed by atoms with Crippen molar-refractivity contribution >= 4 is 40.1 Å². The summed E-state index contributed by atoms with van der Waals surface area (Å²) in [7, 11) is 0. The van der Waals surface area contributed by atoms with Crippen LogP contribution >= 0.6 is 23.4 Å². The van der Waals surface area contributed by atoms with E-state index in [1.807, 2.05) is 30.3 Å². The average molecular weight is 316 g/mol. The van der Waals surface area contributed by atoms with E-state index < -0.39 is 5.97 Å². The second kappa shape index (κ2) is 5.76. The van der Waals surface area contributed by atoms with Gasteiger partial charge in [-0.3, -0.25) is 0 Å². The van der Waals surface area contributed by atoms with E-state index in [-0.39, 0.29) is 5.56 Å². The Morgan fingerprint density at radius 2 is 1.86 bits per heavy atom. The molecule has 0 spiro atoms. The lowest BCUT2D eigenvalue weighted by Crippen LogP contribution is -1.97. The van der Waals surface area contributed by atoms with Crippen molar-refractivity contribution < 1.29 is 9.90 Å². The first-order chi connectivity index (χ1) is 10.1. The van der Waals surface area contributed by atoms with Gasteiger partial charge in [-0.1, -0.05) is 53.7 Å². The van der Waals surface area contributed by atoms with Gasteiger partial charge < -0.3 is 5.11 Å². The van der Waals surface area contributed by atoms with Crippen LogP contribution in [-0.4, -0.2) is 16.1 Å². The standard InChI is InChI=1S/C16H10ClNO2S/c17-14-8-12(16(19)20)9-18-15(14)21-13-6-5-10-3-1-2-4-11(10)7-13/h1-9H,(H,19,20). The van der Waals surface area contributed by atoms with Gasteiger partial charge >= 0.3 is 5.97 Å². The minimum atomic E-state index is -1.04. The molecule has 0 unspecified atom stereocenters. The molecule has 3 aromatic rings. The van der Waals surface area contributed by atoms with Crippen LogP contribution in [0.15, 0.2) is 64.6 Å². The SMILES string of the molecule is O=C(O)c1cnc(Sc2ccc3ccccc3c2)c(Cl)c1. The number of aromatic nitrogens is 1. The number of hydrogen-bond acceptors (Lipinski definition) is 3. The minimum absolute atomic E-state index is 0.0860. The first kappa shape index (κ1) is 13.9. The molecule has 1 heterocycles. The molecule has 0 amide bonds. The highest BCUT2D eigenvalue weighted by Crippen LogP contribution is 2.33. The van der Waals surface area contributed by atoms with Crippen LogP contribution in [0.4, 0.5) is 0 Å². The smallest absolute Gasteiger partial charge is 0.337 e. The number of halogens is 1. The fraction of sp³-hybridized carbons (Fsp3) is 0. The highest BCUT2D eigenvalue weighted by Gasteiger charge is 2.10. The maximum atomic E-state index is 10.9. The largest absolute Gasteiger partial charge is 0.478 e. The Labute approximate surface area is 130 Å². The van der Waals surface area contributed by atoms with Crippen LogP contribution in [-0.2, 0) is 0 Å². The zero-order valence-electron chi connectivity index (χ0n) is 10.8. The summed E-state index contributed by atoms with van der Waals surface area (Å²) in [6.07, 6.45) is 1.32. The Hall–Kier alpha value is -2.04. The van der Waals surface area contributed by atoms with Crippen molar-refractivity contribution in [3.05, 3.63) is 65.3 Å². The molecule has 104 valence electrons. The fourth-order valence-corrected chi connectivity index (χ4v) is 3.05. The van der Waals surface area contributed by atoms with Crippen molar-refractivity contribution in [2.24, 2.45) is 0 Å². The summed E-state index contributed by atoms with van der Waals surface area (Å²) < 4.78 is 0. The third-order valence-corrected chi connectivity index (χ3v) is 4.40. The van der Waals surface area contributed by atoms with Gasteiger partial charge in [0, 0.05) is 11.1 Å². The summed E-state index contributed by atoms with van der Waals surface area (Å²) in [5.41, 5.74) is 0.0860. The van der Waals surface area contributed by atoms with Gasteiger partial charge in [0.25, 0.3) is 0 Å². The number of nitrogens with zero attached hydrogens (tertiary/aromatic N) is 1. The van der Waals surface area contributed by atoms with Crippen molar-refractivity contribution in [1.29, 1.82) is 0 Å². The van der Waals surface area contributed by atoms with E-state index in [0.717, 1.165) is 10.3 Å². The van der Waals surface area contributed by atoms with Gasteiger partial charge in [0.15, 0.2) is 0 Å². The number of pyridine rings is 1. The van der Waals surface area contributed by atoms with E-state index in [2.05, 4.69) is 17.1 Å². The molecule has 0 saturated carbocycles. The van der Waals surface area contributed by atoms with E-state index in [0.29, 0.717) is 10.0 Å². The van der Waals surface area contributed by atoms with Crippen LogP contribution < -0.4 is 0 Å². The maximum Gasteiger partial charge on any atom is 0.337 e. The molecule has 0 aliphatic heterocycles. The fourth-order valence-electron chi connectivity index (χ4n) is 1.96. The molecule has 0 bridgehead atoms. The second-order valence-electron chi connectivity index (χ2n) is 4.43. The van der Waals surface area contributed by atoms with Crippen LogP contribution in [0.3, 0.4) is 0 Å². The Kier molecular flexibility index (Phi) is 3.82. The molecule has 21 heavy (non-hydrogen) atoms. The summed E-state index contributed by atoms with van der Waals surface area (Å²) in [5, 5.41) is 12.1. The molecule has 0 aliphatic rings. The number of hydrogen-bond donors (Lipinski definition) is 1. The molecule has 0 saturated heterocycles. The number of carboxylic acids is 1. The van der Waals surface area contributed by atoms with Crippen LogP contribution in [0.25, 0.3) is 10.8 Å². The summed E-state index contributed by atoms with van der Waals surface area (Å²) >= 11 is 7.51. The zero-order valence-corrected chi connectivity index (χ0v) is 12.4. The quantitative estimate of drug-likeness (QED) is 0.758. The van der Waals surface area contributed by atoms with Crippen molar-refractivity contribution in [3.63, 3.8) is 0 Å². The lowest BCUT2D eigenvalue weighted by atomic mass is 10.1. The topological polar surface area (TPSA) is 50.2 Å². The molecule has 0 atom stereocenters. The first-order valence-corrected chi connectivity index (χ1v) is 7.38. The summed E-state index contributed by atoms with van der Waals surface area (Å²) in [6, 6.07) is 15.6. The van der Waals surface area contributed by atoms with Crippen LogP contribution in [0.2, 0.25) is 5.02 Å².